The molecule has 68 valence electrons. The summed E-state index contributed by atoms with van der Waals surface area (Å²) in [5.74, 6) is -1.38. The number of hydrogen-bond acceptors (Lipinski definition) is 1. The van der Waals surface area contributed by atoms with Crippen molar-refractivity contribution in [3.8, 4) is 0 Å². The van der Waals surface area contributed by atoms with Crippen molar-refractivity contribution in [2.24, 2.45) is 0 Å². The van der Waals surface area contributed by atoms with Gasteiger partial charge in [-0.15, -0.1) is 0 Å². The van der Waals surface area contributed by atoms with Crippen molar-refractivity contribution in [1.29, 1.82) is 0 Å². The molecule has 1 aliphatic rings. The van der Waals surface area contributed by atoms with Crippen molar-refractivity contribution in [3.05, 3.63) is 23.3 Å². The minimum absolute atomic E-state index is 0.140. The fourth-order valence-electron chi connectivity index (χ4n) is 0.820. The number of carbonyl (C=O) groups is 1. The molecule has 0 fully saturated rings. The first kappa shape index (κ1) is 11.0. The van der Waals surface area contributed by atoms with Crippen LogP contribution in [0, 0.1) is 0 Å². The highest BCUT2D eigenvalue weighted by atomic mass is 19.1. The van der Waals surface area contributed by atoms with Crippen molar-refractivity contribution >= 4 is 6.29 Å². The minimum Gasteiger partial charge on any atom is -0.298 e. The molecule has 1 nitrogen and oxygen atoms in total. The SMILES string of the molecule is CC.O=CC1=C(F)CCC=C1F. The van der Waals surface area contributed by atoms with Gasteiger partial charge in [-0.1, -0.05) is 13.8 Å². The third-order valence-electron chi connectivity index (χ3n) is 1.35. The molecule has 0 bridgehead atoms. The van der Waals surface area contributed by atoms with Crippen LogP contribution in [0.2, 0.25) is 0 Å². The highest BCUT2D eigenvalue weighted by molar-refractivity contribution is 5.80. The Kier molecular flexibility index (Phi) is 5.17. The predicted molar refractivity (Wildman–Crippen MR) is 44.0 cm³/mol. The lowest BCUT2D eigenvalue weighted by Crippen LogP contribution is -1.95. The topological polar surface area (TPSA) is 17.1 Å². The van der Waals surface area contributed by atoms with Gasteiger partial charge in [0.25, 0.3) is 0 Å². The molecule has 0 aliphatic heterocycles. The largest absolute Gasteiger partial charge is 0.298 e. The molecule has 0 atom stereocenters. The first-order valence-corrected chi connectivity index (χ1v) is 3.95. The number of hydrogen-bond donors (Lipinski definition) is 0. The van der Waals surface area contributed by atoms with E-state index in [-0.39, 0.29) is 12.7 Å². The molecule has 0 aromatic heterocycles. The quantitative estimate of drug-likeness (QED) is 0.558. The van der Waals surface area contributed by atoms with E-state index in [9.17, 15) is 13.6 Å². The highest BCUT2D eigenvalue weighted by Crippen LogP contribution is 2.24. The van der Waals surface area contributed by atoms with Crippen LogP contribution in [0.1, 0.15) is 26.7 Å². The summed E-state index contributed by atoms with van der Waals surface area (Å²) in [4.78, 5) is 10.0. The molecule has 1 aliphatic carbocycles. The number of carbonyl (C=O) groups excluding carboxylic acids is 1. The molecular formula is C9H12F2O. The van der Waals surface area contributed by atoms with E-state index in [0.29, 0.717) is 6.42 Å². The summed E-state index contributed by atoms with van der Waals surface area (Å²) in [7, 11) is 0. The maximum absolute atomic E-state index is 12.5. The van der Waals surface area contributed by atoms with Crippen LogP contribution in [0.3, 0.4) is 0 Å². The Morgan fingerprint density at radius 1 is 1.42 bits per heavy atom. The molecule has 0 aromatic rings. The number of rotatable bonds is 1. The van der Waals surface area contributed by atoms with Crippen molar-refractivity contribution < 1.29 is 13.6 Å². The summed E-state index contributed by atoms with van der Waals surface area (Å²) in [6.07, 6.45) is 1.91. The van der Waals surface area contributed by atoms with Crippen LogP contribution in [0.25, 0.3) is 0 Å². The van der Waals surface area contributed by atoms with Gasteiger partial charge in [0, 0.05) is 6.42 Å². The van der Waals surface area contributed by atoms with Crippen LogP contribution < -0.4 is 0 Å². The van der Waals surface area contributed by atoms with Crippen LogP contribution in [-0.4, -0.2) is 6.29 Å². The average molecular weight is 174 g/mol. The third kappa shape index (κ3) is 2.57. The van der Waals surface area contributed by atoms with E-state index in [1.807, 2.05) is 13.8 Å². The van der Waals surface area contributed by atoms with Gasteiger partial charge in [0.2, 0.25) is 0 Å². The van der Waals surface area contributed by atoms with E-state index in [1.54, 1.807) is 0 Å². The van der Waals surface area contributed by atoms with Gasteiger partial charge in [-0.05, 0) is 12.5 Å². The lowest BCUT2D eigenvalue weighted by molar-refractivity contribution is -0.105. The van der Waals surface area contributed by atoms with Gasteiger partial charge in [-0.25, -0.2) is 8.78 Å². The molecule has 0 saturated carbocycles. The van der Waals surface area contributed by atoms with Gasteiger partial charge in [0.1, 0.15) is 11.7 Å². The van der Waals surface area contributed by atoms with Gasteiger partial charge >= 0.3 is 0 Å². The van der Waals surface area contributed by atoms with E-state index in [0.717, 1.165) is 0 Å². The maximum Gasteiger partial charge on any atom is 0.155 e. The first-order chi connectivity index (χ1) is 5.75. The van der Waals surface area contributed by atoms with Crippen molar-refractivity contribution in [2.75, 3.05) is 0 Å². The predicted octanol–water partition coefficient (Wildman–Crippen LogP) is 3.08. The standard InChI is InChI=1S/C7H6F2O.C2H6/c8-6-2-1-3-7(9)5(6)4-10;1-2/h2,4H,1,3H2;1-2H3. The summed E-state index contributed by atoms with van der Waals surface area (Å²) in [6, 6.07) is 0. The van der Waals surface area contributed by atoms with Gasteiger partial charge in [-0.3, -0.25) is 4.79 Å². The van der Waals surface area contributed by atoms with Crippen molar-refractivity contribution in [1.82, 2.24) is 0 Å². The van der Waals surface area contributed by atoms with E-state index >= 15 is 0 Å². The van der Waals surface area contributed by atoms with E-state index < -0.39 is 17.2 Å². The van der Waals surface area contributed by atoms with Gasteiger partial charge in [0.15, 0.2) is 6.29 Å². The number of halogens is 2. The third-order valence-corrected chi connectivity index (χ3v) is 1.35. The van der Waals surface area contributed by atoms with Crippen LogP contribution in [-0.2, 0) is 4.79 Å². The molecule has 0 amide bonds. The van der Waals surface area contributed by atoms with Crippen LogP contribution in [0.15, 0.2) is 23.3 Å². The Morgan fingerprint density at radius 3 is 2.33 bits per heavy atom. The molecule has 0 heterocycles. The number of aldehydes is 1. The van der Waals surface area contributed by atoms with Crippen molar-refractivity contribution in [3.63, 3.8) is 0 Å². The van der Waals surface area contributed by atoms with E-state index in [2.05, 4.69) is 0 Å². The summed E-state index contributed by atoms with van der Waals surface area (Å²) in [5, 5.41) is 0. The summed E-state index contributed by atoms with van der Waals surface area (Å²) >= 11 is 0. The lowest BCUT2D eigenvalue weighted by Gasteiger charge is -2.04. The second-order valence-corrected chi connectivity index (χ2v) is 2.03. The van der Waals surface area contributed by atoms with Crippen molar-refractivity contribution in [2.45, 2.75) is 26.7 Å². The highest BCUT2D eigenvalue weighted by Gasteiger charge is 2.14. The smallest absolute Gasteiger partial charge is 0.155 e. The minimum atomic E-state index is -0.737. The molecule has 3 heteroatoms. The molecule has 0 saturated heterocycles. The average Bonchev–Trinajstić information content (AvgIpc) is 2.08. The monoisotopic (exact) mass is 174 g/mol. The Hall–Kier alpha value is -0.990. The first-order valence-electron chi connectivity index (χ1n) is 3.95. The van der Waals surface area contributed by atoms with Gasteiger partial charge in [0.05, 0.1) is 5.57 Å². The van der Waals surface area contributed by atoms with Crippen LogP contribution in [0.5, 0.6) is 0 Å². The number of allylic oxidation sites excluding steroid dienone is 4. The molecular weight excluding hydrogens is 162 g/mol. The lowest BCUT2D eigenvalue weighted by atomic mass is 10.1. The van der Waals surface area contributed by atoms with Crippen LogP contribution >= 0.6 is 0 Å². The molecule has 0 N–H and O–H groups in total. The fourth-order valence-corrected chi connectivity index (χ4v) is 0.820. The zero-order chi connectivity index (χ0) is 9.56. The summed E-state index contributed by atoms with van der Waals surface area (Å²) < 4.78 is 24.9. The van der Waals surface area contributed by atoms with E-state index in [1.165, 1.54) is 6.08 Å². The molecule has 0 aromatic carbocycles. The molecule has 0 radical (unpaired) electrons. The Morgan fingerprint density at radius 2 is 2.00 bits per heavy atom. The van der Waals surface area contributed by atoms with Gasteiger partial charge in [-0.2, -0.15) is 0 Å². The zero-order valence-corrected chi connectivity index (χ0v) is 7.23. The maximum atomic E-state index is 12.5. The summed E-state index contributed by atoms with van der Waals surface area (Å²) in [5.41, 5.74) is -0.425. The Labute approximate surface area is 70.8 Å². The zero-order valence-electron chi connectivity index (χ0n) is 7.23. The molecule has 0 spiro atoms. The normalized spacial score (nSPS) is 16.2. The second kappa shape index (κ2) is 5.63. The molecule has 0 unspecified atom stereocenters. The Balaban J connectivity index is 0.000000561. The molecule has 12 heavy (non-hydrogen) atoms. The summed E-state index contributed by atoms with van der Waals surface area (Å²) in [6.45, 7) is 4.00. The van der Waals surface area contributed by atoms with Gasteiger partial charge < -0.3 is 0 Å². The molecule has 1 rings (SSSR count). The van der Waals surface area contributed by atoms with Crippen LogP contribution in [0.4, 0.5) is 8.78 Å². The Bertz CT molecular complexity index is 217. The fraction of sp³-hybridized carbons (Fsp3) is 0.444. The van der Waals surface area contributed by atoms with E-state index in [4.69, 9.17) is 0 Å². The second-order valence-electron chi connectivity index (χ2n) is 2.03.